The van der Waals surface area contributed by atoms with E-state index < -0.39 is 0 Å². The molecule has 0 amide bonds. The molecule has 5 aromatic carbocycles. The van der Waals surface area contributed by atoms with Crippen molar-refractivity contribution in [2.24, 2.45) is 0 Å². The number of pyridine rings is 3. The molecule has 0 N–H and O–H groups in total. The summed E-state index contributed by atoms with van der Waals surface area (Å²) in [6.07, 6.45) is 5.57. The zero-order chi connectivity index (χ0) is 33.0. The van der Waals surface area contributed by atoms with E-state index in [9.17, 15) is 0 Å². The highest BCUT2D eigenvalue weighted by Gasteiger charge is 2.20. The number of nitrogens with zero attached hydrogens (tertiary/aromatic N) is 5. The number of fused-ring (bicyclic) bond motifs is 6. The molecule has 10 aromatic rings. The minimum absolute atomic E-state index is 0.917. The molecule has 5 heteroatoms. The maximum Gasteiger partial charge on any atom is 0.0963 e. The molecule has 10 rings (SSSR count). The van der Waals surface area contributed by atoms with E-state index in [2.05, 4.69) is 137 Å². The van der Waals surface area contributed by atoms with Crippen LogP contribution in [-0.4, -0.2) is 24.1 Å². The highest BCUT2D eigenvalue weighted by molar-refractivity contribution is 6.15. The van der Waals surface area contributed by atoms with E-state index in [-0.39, 0.29) is 0 Å². The molecule has 0 atom stereocenters. The normalized spacial score (nSPS) is 11.6. The summed E-state index contributed by atoms with van der Waals surface area (Å²) < 4.78 is 4.74. The van der Waals surface area contributed by atoms with E-state index >= 15 is 0 Å². The van der Waals surface area contributed by atoms with E-state index in [0.717, 1.165) is 78.0 Å². The minimum atomic E-state index is 0.917. The first kappa shape index (κ1) is 28.2. The van der Waals surface area contributed by atoms with Crippen molar-refractivity contribution in [1.82, 2.24) is 24.1 Å². The molecule has 5 aromatic heterocycles. The van der Waals surface area contributed by atoms with Crippen molar-refractivity contribution in [3.63, 3.8) is 0 Å². The summed E-state index contributed by atoms with van der Waals surface area (Å²) in [5.74, 6) is 0. The fourth-order valence-electron chi connectivity index (χ4n) is 7.48. The summed E-state index contributed by atoms with van der Waals surface area (Å²) in [5, 5.41) is 3.53. The Morgan fingerprint density at radius 2 is 1.04 bits per heavy atom. The summed E-state index contributed by atoms with van der Waals surface area (Å²) in [6.45, 7) is 0. The molecule has 0 radical (unpaired) electrons. The van der Waals surface area contributed by atoms with Crippen LogP contribution < -0.4 is 0 Å². The van der Waals surface area contributed by atoms with Crippen molar-refractivity contribution >= 4 is 43.7 Å². The summed E-state index contributed by atoms with van der Waals surface area (Å²) >= 11 is 0. The highest BCUT2D eigenvalue weighted by atomic mass is 15.0. The molecule has 0 saturated heterocycles. The van der Waals surface area contributed by atoms with E-state index in [0.29, 0.717) is 0 Å². The van der Waals surface area contributed by atoms with Crippen LogP contribution in [-0.2, 0) is 0 Å². The Labute approximate surface area is 288 Å². The lowest BCUT2D eigenvalue weighted by Crippen LogP contribution is -1.98. The Kier molecular flexibility index (Phi) is 6.42. The van der Waals surface area contributed by atoms with Gasteiger partial charge in [-0.1, -0.05) is 72.8 Å². The van der Waals surface area contributed by atoms with Crippen LogP contribution in [0.3, 0.4) is 0 Å². The van der Waals surface area contributed by atoms with Gasteiger partial charge in [-0.25, -0.2) is 0 Å². The minimum Gasteiger partial charge on any atom is -0.309 e. The SMILES string of the molecule is c1ccc(-n2c3cc(-c4cccc5c6ccccc6n(-c6cc(-c7ccccn7)cc(-c7ccccn7)c6)c45)ccc3c3ncccc32)cc1. The fraction of sp³-hybridized carbons (Fsp3) is 0. The lowest BCUT2D eigenvalue weighted by Gasteiger charge is -2.15. The van der Waals surface area contributed by atoms with Crippen LogP contribution >= 0.6 is 0 Å². The molecule has 0 spiro atoms. The first-order valence-corrected chi connectivity index (χ1v) is 16.8. The summed E-state index contributed by atoms with van der Waals surface area (Å²) in [4.78, 5) is 14.3. The number of hydrogen-bond acceptors (Lipinski definition) is 3. The number of hydrogen-bond donors (Lipinski definition) is 0. The molecule has 0 aliphatic rings. The highest BCUT2D eigenvalue weighted by Crippen LogP contribution is 2.41. The van der Waals surface area contributed by atoms with Crippen molar-refractivity contribution in [2.75, 3.05) is 0 Å². The third-order valence-corrected chi connectivity index (χ3v) is 9.64. The van der Waals surface area contributed by atoms with Crippen molar-refractivity contribution in [1.29, 1.82) is 0 Å². The van der Waals surface area contributed by atoms with Crippen molar-refractivity contribution < 1.29 is 0 Å². The summed E-state index contributed by atoms with van der Waals surface area (Å²) in [6, 6.07) is 55.7. The van der Waals surface area contributed by atoms with E-state index in [1.807, 2.05) is 48.9 Å². The second-order valence-corrected chi connectivity index (χ2v) is 12.5. The average molecular weight is 640 g/mol. The predicted molar refractivity (Wildman–Crippen MR) is 205 cm³/mol. The molecule has 5 heterocycles. The number of aromatic nitrogens is 5. The molecule has 234 valence electrons. The summed E-state index contributed by atoms with van der Waals surface area (Å²) in [5.41, 5.74) is 13.9. The Morgan fingerprint density at radius 3 is 1.80 bits per heavy atom. The number of rotatable bonds is 5. The maximum atomic E-state index is 4.82. The van der Waals surface area contributed by atoms with Gasteiger partial charge in [0.1, 0.15) is 0 Å². The van der Waals surface area contributed by atoms with Gasteiger partial charge in [-0.05, 0) is 90.5 Å². The van der Waals surface area contributed by atoms with Gasteiger partial charge >= 0.3 is 0 Å². The average Bonchev–Trinajstić information content (AvgIpc) is 3.71. The first-order valence-electron chi connectivity index (χ1n) is 16.8. The Hall–Kier alpha value is -6.85. The predicted octanol–water partition coefficient (Wildman–Crippen LogP) is 11.1. The van der Waals surface area contributed by atoms with E-state index in [1.165, 1.54) is 10.8 Å². The van der Waals surface area contributed by atoms with E-state index in [4.69, 9.17) is 15.0 Å². The molecule has 0 bridgehead atoms. The number of para-hydroxylation sites is 3. The zero-order valence-electron chi connectivity index (χ0n) is 27.0. The van der Waals surface area contributed by atoms with Crippen LogP contribution in [0, 0.1) is 0 Å². The largest absolute Gasteiger partial charge is 0.309 e. The van der Waals surface area contributed by atoms with Crippen molar-refractivity contribution in [3.05, 3.63) is 176 Å². The van der Waals surface area contributed by atoms with Crippen LogP contribution in [0.1, 0.15) is 0 Å². The van der Waals surface area contributed by atoms with Crippen molar-refractivity contribution in [2.45, 2.75) is 0 Å². The molecular weight excluding hydrogens is 611 g/mol. The van der Waals surface area contributed by atoms with E-state index in [1.54, 1.807) is 0 Å². The standard InChI is InChI=1S/C45H29N5/c1-2-12-33(13-3-1)49-42-20-11-25-48-44(42)38-22-21-30(29-43(38)49)35-15-10-16-37-36-14-4-5-19-41(36)50(45(35)37)34-27-31(39-17-6-8-23-46-39)26-32(28-34)40-18-7-9-24-47-40/h1-29H. The van der Waals surface area contributed by atoms with Crippen LogP contribution in [0.5, 0.6) is 0 Å². The first-order chi connectivity index (χ1) is 24.8. The molecule has 0 saturated carbocycles. The molecule has 0 aliphatic heterocycles. The third-order valence-electron chi connectivity index (χ3n) is 9.64. The van der Waals surface area contributed by atoms with Gasteiger partial charge in [0, 0.05) is 62.8 Å². The Bertz CT molecular complexity index is 2800. The Morgan fingerprint density at radius 1 is 0.360 bits per heavy atom. The maximum absolute atomic E-state index is 4.82. The topological polar surface area (TPSA) is 48.5 Å². The van der Waals surface area contributed by atoms with Gasteiger partial charge < -0.3 is 9.13 Å². The molecule has 5 nitrogen and oxygen atoms in total. The zero-order valence-corrected chi connectivity index (χ0v) is 27.0. The summed E-state index contributed by atoms with van der Waals surface area (Å²) in [7, 11) is 0. The second-order valence-electron chi connectivity index (χ2n) is 12.5. The lowest BCUT2D eigenvalue weighted by molar-refractivity contribution is 1.17. The second kappa shape index (κ2) is 11.4. The third kappa shape index (κ3) is 4.45. The van der Waals surface area contributed by atoms with Gasteiger partial charge in [0.2, 0.25) is 0 Å². The van der Waals surface area contributed by atoms with Crippen LogP contribution in [0.4, 0.5) is 0 Å². The van der Waals surface area contributed by atoms with Gasteiger partial charge in [-0.2, -0.15) is 0 Å². The molecule has 0 aliphatic carbocycles. The lowest BCUT2D eigenvalue weighted by atomic mass is 10.00. The van der Waals surface area contributed by atoms with Gasteiger partial charge in [-0.15, -0.1) is 0 Å². The molecule has 0 fully saturated rings. The van der Waals surface area contributed by atoms with Gasteiger partial charge in [-0.3, -0.25) is 15.0 Å². The Balaban J connectivity index is 1.28. The van der Waals surface area contributed by atoms with Gasteiger partial charge in [0.15, 0.2) is 0 Å². The van der Waals surface area contributed by atoms with Gasteiger partial charge in [0.05, 0.1) is 39.0 Å². The number of benzene rings is 5. The quantitative estimate of drug-likeness (QED) is 0.188. The van der Waals surface area contributed by atoms with Crippen LogP contribution in [0.15, 0.2) is 176 Å². The molecular formula is C45H29N5. The van der Waals surface area contributed by atoms with Crippen molar-refractivity contribution in [3.8, 4) is 45.0 Å². The smallest absolute Gasteiger partial charge is 0.0963 e. The fourth-order valence-corrected chi connectivity index (χ4v) is 7.48. The van der Waals surface area contributed by atoms with Crippen LogP contribution in [0.2, 0.25) is 0 Å². The van der Waals surface area contributed by atoms with Crippen LogP contribution in [0.25, 0.3) is 88.8 Å². The monoisotopic (exact) mass is 639 g/mol. The van der Waals surface area contributed by atoms with Gasteiger partial charge in [0.25, 0.3) is 0 Å². The molecule has 50 heavy (non-hydrogen) atoms. The molecule has 0 unspecified atom stereocenters.